The maximum atomic E-state index is 11.6. The predicted octanol–water partition coefficient (Wildman–Crippen LogP) is 2.40. The molecule has 1 amide bonds. The average molecular weight is 338 g/mol. The summed E-state index contributed by atoms with van der Waals surface area (Å²) in [6.07, 6.45) is 0.726. The quantitative estimate of drug-likeness (QED) is 0.462. The topological polar surface area (TPSA) is 76.7 Å². The zero-order valence-electron chi connectivity index (χ0n) is 11.8. The van der Waals surface area contributed by atoms with Crippen LogP contribution in [0.2, 0.25) is 5.02 Å². The monoisotopic (exact) mass is 337 g/mol. The summed E-state index contributed by atoms with van der Waals surface area (Å²) in [5, 5.41) is 9.05. The molecule has 0 saturated carbocycles. The Labute approximate surface area is 137 Å². The normalized spacial score (nSPS) is 11.2. The Bertz CT molecular complexity index is 627. The Morgan fingerprint density at radius 3 is 2.77 bits per heavy atom. The lowest BCUT2D eigenvalue weighted by molar-refractivity contribution is -0.125. The molecule has 0 aliphatic rings. The van der Waals surface area contributed by atoms with Crippen LogP contribution >= 0.6 is 22.9 Å². The molecule has 0 fully saturated rings. The molecule has 0 spiro atoms. The first-order valence-electron chi connectivity index (χ1n) is 6.65. The minimum absolute atomic E-state index is 0.160. The summed E-state index contributed by atoms with van der Waals surface area (Å²) in [4.78, 5) is 17.3. The molecule has 0 aliphatic heterocycles. The second-order valence-electron chi connectivity index (χ2n) is 4.45. The van der Waals surface area contributed by atoms with E-state index in [-0.39, 0.29) is 18.3 Å². The number of amides is 1. The maximum Gasteiger partial charge on any atom is 0.260 e. The van der Waals surface area contributed by atoms with Gasteiger partial charge in [0.05, 0.1) is 4.88 Å². The van der Waals surface area contributed by atoms with E-state index in [4.69, 9.17) is 22.2 Å². The molecule has 116 valence electrons. The largest absolute Gasteiger partial charge is 0.384 e. The van der Waals surface area contributed by atoms with E-state index in [9.17, 15) is 4.79 Å². The zero-order valence-corrected chi connectivity index (χ0v) is 13.4. The van der Waals surface area contributed by atoms with E-state index in [1.54, 1.807) is 0 Å². The van der Waals surface area contributed by atoms with Crippen molar-refractivity contribution in [2.45, 2.75) is 6.42 Å². The molecular weight excluding hydrogens is 322 g/mol. The maximum absolute atomic E-state index is 11.6. The van der Waals surface area contributed by atoms with Crippen molar-refractivity contribution >= 4 is 34.7 Å². The van der Waals surface area contributed by atoms with Gasteiger partial charge >= 0.3 is 0 Å². The SMILES string of the molecule is NC(=NOCC(=O)NCCc1ccc(Cl)cc1)c1cccs1. The fourth-order valence-corrected chi connectivity index (χ4v) is 2.42. The van der Waals surface area contributed by atoms with Gasteiger partial charge in [-0.1, -0.05) is 35.0 Å². The van der Waals surface area contributed by atoms with Crippen LogP contribution in [0.5, 0.6) is 0 Å². The highest BCUT2D eigenvalue weighted by Crippen LogP contribution is 2.09. The lowest BCUT2D eigenvalue weighted by Crippen LogP contribution is -2.29. The lowest BCUT2D eigenvalue weighted by Gasteiger charge is -2.05. The van der Waals surface area contributed by atoms with E-state index in [1.165, 1.54) is 11.3 Å². The fourth-order valence-electron chi connectivity index (χ4n) is 1.68. The molecule has 1 aromatic carbocycles. The average Bonchev–Trinajstić information content (AvgIpc) is 3.03. The van der Waals surface area contributed by atoms with Crippen LogP contribution in [-0.4, -0.2) is 24.9 Å². The molecule has 0 radical (unpaired) electrons. The van der Waals surface area contributed by atoms with Crippen LogP contribution in [0.4, 0.5) is 0 Å². The first kappa shape index (κ1) is 16.3. The number of hydrogen-bond acceptors (Lipinski definition) is 4. The Hall–Kier alpha value is -2.05. The molecule has 22 heavy (non-hydrogen) atoms. The molecular formula is C15H16ClN3O2S. The number of benzene rings is 1. The van der Waals surface area contributed by atoms with Gasteiger partial charge in [-0.15, -0.1) is 11.3 Å². The van der Waals surface area contributed by atoms with Crippen LogP contribution in [0.1, 0.15) is 10.4 Å². The number of nitrogens with two attached hydrogens (primary N) is 1. The summed E-state index contributed by atoms with van der Waals surface area (Å²) in [6.45, 7) is 0.362. The number of halogens is 1. The number of thiophene rings is 1. The molecule has 1 aromatic heterocycles. The molecule has 0 unspecified atom stereocenters. The van der Waals surface area contributed by atoms with Crippen LogP contribution in [0.25, 0.3) is 0 Å². The van der Waals surface area contributed by atoms with E-state index >= 15 is 0 Å². The Morgan fingerprint density at radius 1 is 1.32 bits per heavy atom. The van der Waals surface area contributed by atoms with Gasteiger partial charge in [0.15, 0.2) is 12.4 Å². The number of carbonyl (C=O) groups excluding carboxylic acids is 1. The van der Waals surface area contributed by atoms with E-state index in [0.29, 0.717) is 11.6 Å². The summed E-state index contributed by atoms with van der Waals surface area (Å²) < 4.78 is 0. The molecule has 1 heterocycles. The van der Waals surface area contributed by atoms with Crippen molar-refractivity contribution in [3.63, 3.8) is 0 Å². The molecule has 5 nitrogen and oxygen atoms in total. The molecule has 0 aliphatic carbocycles. The van der Waals surface area contributed by atoms with E-state index < -0.39 is 0 Å². The molecule has 7 heteroatoms. The molecule has 2 aromatic rings. The molecule has 3 N–H and O–H groups in total. The van der Waals surface area contributed by atoms with Gasteiger partial charge in [-0.3, -0.25) is 4.79 Å². The third kappa shape index (κ3) is 5.38. The van der Waals surface area contributed by atoms with Gasteiger partial charge < -0.3 is 15.9 Å². The van der Waals surface area contributed by atoms with Crippen LogP contribution < -0.4 is 11.1 Å². The van der Waals surface area contributed by atoms with Crippen LogP contribution in [0.3, 0.4) is 0 Å². The molecule has 2 rings (SSSR count). The van der Waals surface area contributed by atoms with Crippen molar-refractivity contribution in [1.29, 1.82) is 0 Å². The van der Waals surface area contributed by atoms with Gasteiger partial charge in [0.2, 0.25) is 0 Å². The third-order valence-electron chi connectivity index (χ3n) is 2.78. The first-order valence-corrected chi connectivity index (χ1v) is 7.91. The van der Waals surface area contributed by atoms with Crippen molar-refractivity contribution < 1.29 is 9.63 Å². The number of nitrogens with zero attached hydrogens (tertiary/aromatic N) is 1. The van der Waals surface area contributed by atoms with Crippen molar-refractivity contribution in [1.82, 2.24) is 5.32 Å². The highest BCUT2D eigenvalue weighted by molar-refractivity contribution is 7.12. The van der Waals surface area contributed by atoms with E-state index in [2.05, 4.69) is 10.5 Å². The van der Waals surface area contributed by atoms with Gasteiger partial charge in [-0.2, -0.15) is 0 Å². The second-order valence-corrected chi connectivity index (χ2v) is 5.84. The Morgan fingerprint density at radius 2 is 2.09 bits per heavy atom. The summed E-state index contributed by atoms with van der Waals surface area (Å²) in [6, 6.07) is 11.2. The van der Waals surface area contributed by atoms with Gasteiger partial charge in [0.25, 0.3) is 5.91 Å². The number of rotatable bonds is 7. The highest BCUT2D eigenvalue weighted by atomic mass is 35.5. The second kappa shape index (κ2) is 8.41. The summed E-state index contributed by atoms with van der Waals surface area (Å²) >= 11 is 7.26. The number of nitrogens with one attached hydrogen (secondary N) is 1. The van der Waals surface area contributed by atoms with Crippen molar-refractivity contribution in [3.8, 4) is 0 Å². The highest BCUT2D eigenvalue weighted by Gasteiger charge is 2.03. The lowest BCUT2D eigenvalue weighted by atomic mass is 10.1. The van der Waals surface area contributed by atoms with Crippen molar-refractivity contribution in [2.24, 2.45) is 10.9 Å². The number of hydrogen-bond donors (Lipinski definition) is 2. The van der Waals surface area contributed by atoms with Crippen LogP contribution in [0.15, 0.2) is 46.9 Å². The molecule has 0 atom stereocenters. The van der Waals surface area contributed by atoms with Gasteiger partial charge in [-0.25, -0.2) is 0 Å². The van der Waals surface area contributed by atoms with Crippen molar-refractivity contribution in [3.05, 3.63) is 57.2 Å². The predicted molar refractivity (Wildman–Crippen MR) is 89.2 cm³/mol. The zero-order chi connectivity index (χ0) is 15.8. The smallest absolute Gasteiger partial charge is 0.260 e. The minimum Gasteiger partial charge on any atom is -0.384 e. The van der Waals surface area contributed by atoms with Crippen molar-refractivity contribution in [2.75, 3.05) is 13.2 Å². The number of carbonyl (C=O) groups is 1. The Balaban J connectivity index is 1.66. The Kier molecular flexibility index (Phi) is 6.24. The first-order chi connectivity index (χ1) is 10.6. The summed E-state index contributed by atoms with van der Waals surface area (Å²) in [5.74, 6) is 0.0284. The van der Waals surface area contributed by atoms with Crippen LogP contribution in [0, 0.1) is 0 Å². The standard InChI is InChI=1S/C15H16ClN3O2S/c16-12-5-3-11(4-6-12)7-8-18-14(20)10-21-19-15(17)13-2-1-9-22-13/h1-6,9H,7-8,10H2,(H2,17,19)(H,18,20). The van der Waals surface area contributed by atoms with E-state index in [0.717, 1.165) is 16.9 Å². The summed E-state index contributed by atoms with van der Waals surface area (Å²) in [5.41, 5.74) is 6.81. The third-order valence-corrected chi connectivity index (χ3v) is 3.93. The van der Waals surface area contributed by atoms with Gasteiger partial charge in [0.1, 0.15) is 0 Å². The number of oxime groups is 1. The van der Waals surface area contributed by atoms with Gasteiger partial charge in [-0.05, 0) is 35.6 Å². The van der Waals surface area contributed by atoms with Crippen LogP contribution in [-0.2, 0) is 16.1 Å². The molecule has 0 bridgehead atoms. The summed E-state index contributed by atoms with van der Waals surface area (Å²) in [7, 11) is 0. The fraction of sp³-hybridized carbons (Fsp3) is 0.200. The minimum atomic E-state index is -0.239. The van der Waals surface area contributed by atoms with Gasteiger partial charge in [0, 0.05) is 11.6 Å². The molecule has 0 saturated heterocycles. The van der Waals surface area contributed by atoms with E-state index in [1.807, 2.05) is 41.8 Å². The number of amidine groups is 1.